The van der Waals surface area contributed by atoms with E-state index in [9.17, 15) is 20.4 Å². The Balaban J connectivity index is 1.64. The minimum atomic E-state index is -1.38. The fourth-order valence-corrected chi connectivity index (χ4v) is 5.73. The maximum absolute atomic E-state index is 10.8. The van der Waals surface area contributed by atoms with E-state index >= 15 is 0 Å². The van der Waals surface area contributed by atoms with E-state index in [1.807, 2.05) is 12.1 Å². The van der Waals surface area contributed by atoms with Crippen molar-refractivity contribution in [3.8, 4) is 0 Å². The van der Waals surface area contributed by atoms with Gasteiger partial charge in [-0.3, -0.25) is 0 Å². The second-order valence-electron chi connectivity index (χ2n) is 8.29. The lowest BCUT2D eigenvalue weighted by atomic mass is 9.91. The minimum absolute atomic E-state index is 0.308. The first-order valence-corrected chi connectivity index (χ1v) is 10.9. The summed E-state index contributed by atoms with van der Waals surface area (Å²) in [6, 6.07) is 14.7. The summed E-state index contributed by atoms with van der Waals surface area (Å²) < 4.78 is 5.99. The van der Waals surface area contributed by atoms with Gasteiger partial charge in [0.1, 0.15) is 12.2 Å². The molecular weight excluding hydrogens is 388 g/mol. The predicted molar refractivity (Wildman–Crippen MR) is 113 cm³/mol. The van der Waals surface area contributed by atoms with Gasteiger partial charge in [-0.25, -0.2) is 0 Å². The number of fused-ring (bicyclic) bond motifs is 2. The predicted octanol–water partition coefficient (Wildman–Crippen LogP) is 2.27. The molecule has 0 aromatic heterocycles. The fourth-order valence-electron chi connectivity index (χ4n) is 4.19. The maximum Gasteiger partial charge on any atom is 0.168 e. The van der Waals surface area contributed by atoms with Crippen molar-refractivity contribution in [3.05, 3.63) is 70.3 Å². The van der Waals surface area contributed by atoms with Crippen molar-refractivity contribution in [3.63, 3.8) is 0 Å². The number of rotatable bonds is 4. The monoisotopic (exact) mass is 416 g/mol. The second-order valence-corrected chi connectivity index (χ2v) is 9.73. The summed E-state index contributed by atoms with van der Waals surface area (Å²) >= 11 is 1.19. The molecule has 0 radical (unpaired) electrons. The van der Waals surface area contributed by atoms with E-state index in [1.54, 1.807) is 0 Å². The SMILES string of the molecule is CC(C)c1ccc(Cc2ccc3c(c2)[C@]2(OC3)S[C@H](CO)[C@@H](O)[C@H](O)[C@H]2O)cc1. The number of hydrogen-bond donors (Lipinski definition) is 4. The Kier molecular flexibility index (Phi) is 5.77. The molecule has 1 saturated heterocycles. The molecule has 6 heteroatoms. The summed E-state index contributed by atoms with van der Waals surface area (Å²) in [5, 5.41) is 40.3. The van der Waals surface area contributed by atoms with Gasteiger partial charge in [0, 0.05) is 5.56 Å². The summed E-state index contributed by atoms with van der Waals surface area (Å²) in [6.45, 7) is 4.36. The molecule has 1 fully saturated rings. The molecule has 1 spiro atoms. The van der Waals surface area contributed by atoms with Crippen LogP contribution in [0.1, 0.15) is 47.6 Å². The van der Waals surface area contributed by atoms with Gasteiger partial charge in [-0.15, -0.1) is 11.8 Å². The minimum Gasteiger partial charge on any atom is -0.395 e. The lowest BCUT2D eigenvalue weighted by Crippen LogP contribution is -2.58. The quantitative estimate of drug-likeness (QED) is 0.611. The van der Waals surface area contributed by atoms with E-state index in [0.717, 1.165) is 23.1 Å². The lowest BCUT2D eigenvalue weighted by Gasteiger charge is -2.45. The van der Waals surface area contributed by atoms with Crippen molar-refractivity contribution in [1.82, 2.24) is 0 Å². The Morgan fingerprint density at radius 1 is 1.03 bits per heavy atom. The molecule has 5 atom stereocenters. The molecule has 0 saturated carbocycles. The molecule has 29 heavy (non-hydrogen) atoms. The fraction of sp³-hybridized carbons (Fsp3) is 0.478. The summed E-state index contributed by atoms with van der Waals surface area (Å²) in [7, 11) is 0. The van der Waals surface area contributed by atoms with Gasteiger partial charge in [0.2, 0.25) is 0 Å². The van der Waals surface area contributed by atoms with Crippen LogP contribution in [0.2, 0.25) is 0 Å². The zero-order valence-electron chi connectivity index (χ0n) is 16.7. The van der Waals surface area contributed by atoms with Crippen molar-refractivity contribution in [2.24, 2.45) is 0 Å². The van der Waals surface area contributed by atoms with Crippen molar-refractivity contribution in [1.29, 1.82) is 0 Å². The second kappa shape index (κ2) is 8.02. The van der Waals surface area contributed by atoms with Gasteiger partial charge < -0.3 is 25.2 Å². The molecule has 4 N–H and O–H groups in total. The summed E-state index contributed by atoms with van der Waals surface area (Å²) in [6.07, 6.45) is -3.13. The topological polar surface area (TPSA) is 90.2 Å². The molecular formula is C23H28O5S. The highest BCUT2D eigenvalue weighted by Gasteiger charge is 2.57. The van der Waals surface area contributed by atoms with E-state index in [0.29, 0.717) is 12.5 Å². The van der Waals surface area contributed by atoms with Crippen LogP contribution in [0.5, 0.6) is 0 Å². The molecule has 0 amide bonds. The van der Waals surface area contributed by atoms with Crippen LogP contribution < -0.4 is 0 Å². The van der Waals surface area contributed by atoms with Gasteiger partial charge in [-0.1, -0.05) is 56.3 Å². The largest absolute Gasteiger partial charge is 0.395 e. The van der Waals surface area contributed by atoms with E-state index in [-0.39, 0.29) is 6.61 Å². The van der Waals surface area contributed by atoms with Crippen LogP contribution in [0.3, 0.4) is 0 Å². The Morgan fingerprint density at radius 2 is 1.72 bits per heavy atom. The van der Waals surface area contributed by atoms with Crippen LogP contribution >= 0.6 is 11.8 Å². The number of aliphatic hydroxyl groups excluding tert-OH is 4. The third-order valence-electron chi connectivity index (χ3n) is 6.00. The van der Waals surface area contributed by atoms with Gasteiger partial charge >= 0.3 is 0 Å². The summed E-state index contributed by atoms with van der Waals surface area (Å²) in [5.74, 6) is 0.493. The van der Waals surface area contributed by atoms with E-state index < -0.39 is 28.5 Å². The van der Waals surface area contributed by atoms with Gasteiger partial charge in [0.15, 0.2) is 4.93 Å². The molecule has 5 nitrogen and oxygen atoms in total. The molecule has 2 aliphatic rings. The molecule has 2 aromatic carbocycles. The van der Waals surface area contributed by atoms with E-state index in [1.165, 1.54) is 22.9 Å². The van der Waals surface area contributed by atoms with E-state index in [4.69, 9.17) is 4.74 Å². The molecule has 2 aliphatic heterocycles. The van der Waals surface area contributed by atoms with Crippen LogP contribution in [0.15, 0.2) is 42.5 Å². The first-order chi connectivity index (χ1) is 13.9. The third-order valence-corrected chi connectivity index (χ3v) is 7.66. The Hall–Kier alpha value is -1.41. The van der Waals surface area contributed by atoms with Crippen LogP contribution in [0, 0.1) is 0 Å². The van der Waals surface area contributed by atoms with Crippen molar-refractivity contribution in [2.45, 2.75) is 61.3 Å². The maximum atomic E-state index is 10.8. The van der Waals surface area contributed by atoms with Gasteiger partial charge in [-0.05, 0) is 34.6 Å². The number of hydrogen-bond acceptors (Lipinski definition) is 6. The zero-order chi connectivity index (χ0) is 20.8. The first-order valence-electron chi connectivity index (χ1n) is 10.0. The number of aliphatic hydroxyl groups is 4. The molecule has 156 valence electrons. The first kappa shape index (κ1) is 20.8. The standard InChI is InChI=1S/C23H28O5S/c1-13(2)16-6-3-14(4-7-16)9-15-5-8-17-12-28-23(18(17)10-15)22(27)21(26)20(25)19(11-24)29-23/h3-8,10,13,19-22,24-27H,9,11-12H2,1-2H3/t19-,20-,21+,22-,23+/m1/s1. The highest BCUT2D eigenvalue weighted by atomic mass is 32.2. The molecule has 0 bridgehead atoms. The summed E-state index contributed by atoms with van der Waals surface area (Å²) in [4.78, 5) is -1.18. The van der Waals surface area contributed by atoms with Crippen LogP contribution in [-0.2, 0) is 22.7 Å². The van der Waals surface area contributed by atoms with Gasteiger partial charge in [0.25, 0.3) is 0 Å². The zero-order valence-corrected chi connectivity index (χ0v) is 17.5. The number of thioether (sulfide) groups is 1. The van der Waals surface area contributed by atoms with E-state index in [2.05, 4.69) is 44.2 Å². The number of ether oxygens (including phenoxy) is 1. The smallest absolute Gasteiger partial charge is 0.168 e. The van der Waals surface area contributed by atoms with Gasteiger partial charge in [0.05, 0.1) is 24.6 Å². The summed E-state index contributed by atoms with van der Waals surface area (Å²) in [5.41, 5.74) is 5.36. The van der Waals surface area contributed by atoms with Crippen LogP contribution in [-0.4, -0.2) is 50.6 Å². The Bertz CT molecular complexity index is 866. The molecule has 0 unspecified atom stereocenters. The van der Waals surface area contributed by atoms with Gasteiger partial charge in [-0.2, -0.15) is 0 Å². The van der Waals surface area contributed by atoms with Crippen LogP contribution in [0.25, 0.3) is 0 Å². The van der Waals surface area contributed by atoms with Crippen molar-refractivity contribution >= 4 is 11.8 Å². The average molecular weight is 417 g/mol. The Labute approximate surface area is 175 Å². The number of benzene rings is 2. The van der Waals surface area contributed by atoms with Crippen molar-refractivity contribution in [2.75, 3.05) is 6.61 Å². The van der Waals surface area contributed by atoms with Crippen LogP contribution in [0.4, 0.5) is 0 Å². The average Bonchev–Trinajstić information content (AvgIpc) is 3.08. The Morgan fingerprint density at radius 3 is 2.38 bits per heavy atom. The molecule has 0 aliphatic carbocycles. The molecule has 4 rings (SSSR count). The highest BCUT2D eigenvalue weighted by Crippen LogP contribution is 2.54. The molecule has 2 aromatic rings. The lowest BCUT2D eigenvalue weighted by molar-refractivity contribution is -0.147. The van der Waals surface area contributed by atoms with Crippen molar-refractivity contribution < 1.29 is 25.2 Å². The normalized spacial score (nSPS) is 31.4. The molecule has 2 heterocycles. The highest BCUT2D eigenvalue weighted by molar-refractivity contribution is 8.00. The third kappa shape index (κ3) is 3.63.